The number of aryl methyl sites for hydroxylation is 1. The molecule has 11 heteroatoms. The number of aromatic nitrogens is 3. The second-order valence-electron chi connectivity index (χ2n) is 9.41. The molecule has 198 valence electrons. The fraction of sp³-hybridized carbons (Fsp3) is 0.296. The molecule has 0 radical (unpaired) electrons. The largest absolute Gasteiger partial charge is 0.390 e. The topological polar surface area (TPSA) is 71.3 Å². The Kier molecular flexibility index (Phi) is 6.77. The van der Waals surface area contributed by atoms with Crippen LogP contribution >= 0.6 is 0 Å². The van der Waals surface area contributed by atoms with E-state index in [0.29, 0.717) is 22.5 Å². The van der Waals surface area contributed by atoms with E-state index < -0.39 is 30.8 Å². The maximum atomic E-state index is 14.3. The molecule has 1 saturated carbocycles. The maximum absolute atomic E-state index is 14.3. The minimum Gasteiger partial charge on any atom is -0.382 e. The number of carbonyl (C=O) groups excluding carboxylic acids is 1. The summed E-state index contributed by atoms with van der Waals surface area (Å²) in [5, 5.41) is 10.3. The zero-order valence-corrected chi connectivity index (χ0v) is 20.4. The van der Waals surface area contributed by atoms with Crippen LogP contribution in [0.5, 0.6) is 0 Å². The standard InChI is InChI=1S/C27H24F5N5O/c1-15-10-16(2-6-21(15)26(38)35-19-4-5-19)24-14-34-25-23(33-9-8-27(30,31)32)13-20(36-37(24)25)12-17-11-18(28)3-7-22(17)29/h2-3,6-7,10-11,13-14,19,33H,4-5,8-9,12H2,1H3,(H,35,38). The Morgan fingerprint density at radius 3 is 2.61 bits per heavy atom. The molecule has 0 aliphatic heterocycles. The molecule has 0 saturated heterocycles. The van der Waals surface area contributed by atoms with Crippen LogP contribution in [0, 0.1) is 18.6 Å². The lowest BCUT2D eigenvalue weighted by atomic mass is 10.0. The van der Waals surface area contributed by atoms with E-state index >= 15 is 0 Å². The van der Waals surface area contributed by atoms with Gasteiger partial charge < -0.3 is 10.6 Å². The van der Waals surface area contributed by atoms with Gasteiger partial charge in [0.15, 0.2) is 5.65 Å². The van der Waals surface area contributed by atoms with Crippen molar-refractivity contribution >= 4 is 17.2 Å². The highest BCUT2D eigenvalue weighted by molar-refractivity contribution is 5.96. The van der Waals surface area contributed by atoms with Crippen LogP contribution in [0.25, 0.3) is 16.9 Å². The molecule has 5 rings (SSSR count). The fourth-order valence-corrected chi connectivity index (χ4v) is 4.21. The Labute approximate surface area is 214 Å². The number of benzene rings is 2. The number of nitrogens with zero attached hydrogens (tertiary/aromatic N) is 3. The van der Waals surface area contributed by atoms with Crippen molar-refractivity contribution in [2.75, 3.05) is 11.9 Å². The van der Waals surface area contributed by atoms with Gasteiger partial charge in [-0.2, -0.15) is 18.3 Å². The van der Waals surface area contributed by atoms with E-state index in [4.69, 9.17) is 0 Å². The molecule has 4 aromatic rings. The van der Waals surface area contributed by atoms with Gasteiger partial charge >= 0.3 is 6.18 Å². The molecule has 0 spiro atoms. The molecule has 2 aromatic carbocycles. The van der Waals surface area contributed by atoms with Crippen molar-refractivity contribution in [3.8, 4) is 11.3 Å². The monoisotopic (exact) mass is 529 g/mol. The lowest BCUT2D eigenvalue weighted by molar-refractivity contribution is -0.131. The maximum Gasteiger partial charge on any atom is 0.390 e. The van der Waals surface area contributed by atoms with E-state index in [1.165, 1.54) is 16.8 Å². The number of rotatable bonds is 8. The van der Waals surface area contributed by atoms with Crippen molar-refractivity contribution in [2.45, 2.75) is 44.8 Å². The zero-order chi connectivity index (χ0) is 27.0. The minimum atomic E-state index is -4.35. The molecule has 1 aliphatic rings. The Hall–Kier alpha value is -4.02. The molecule has 2 heterocycles. The molecular formula is C27H24F5N5O. The van der Waals surface area contributed by atoms with Crippen LogP contribution in [-0.4, -0.2) is 39.3 Å². The first-order valence-corrected chi connectivity index (χ1v) is 12.1. The van der Waals surface area contributed by atoms with Crippen molar-refractivity contribution in [3.05, 3.63) is 82.7 Å². The molecule has 1 amide bonds. The number of halogens is 5. The highest BCUT2D eigenvalue weighted by Gasteiger charge is 2.27. The third kappa shape index (κ3) is 5.76. The van der Waals surface area contributed by atoms with Crippen LogP contribution in [0.3, 0.4) is 0 Å². The van der Waals surface area contributed by atoms with Crippen LogP contribution in [0.15, 0.2) is 48.7 Å². The lowest BCUT2D eigenvalue weighted by Crippen LogP contribution is -2.26. The number of alkyl halides is 3. The van der Waals surface area contributed by atoms with E-state index in [1.807, 2.05) is 13.0 Å². The highest BCUT2D eigenvalue weighted by atomic mass is 19.4. The first kappa shape index (κ1) is 25.6. The quantitative estimate of drug-likeness (QED) is 0.282. The molecule has 0 atom stereocenters. The van der Waals surface area contributed by atoms with Gasteiger partial charge in [0.05, 0.1) is 29.7 Å². The predicted molar refractivity (Wildman–Crippen MR) is 132 cm³/mol. The number of fused-ring (bicyclic) bond motifs is 1. The van der Waals surface area contributed by atoms with Crippen LogP contribution in [0.4, 0.5) is 27.6 Å². The van der Waals surface area contributed by atoms with E-state index in [9.17, 15) is 26.7 Å². The number of hydrogen-bond acceptors (Lipinski definition) is 4. The van der Waals surface area contributed by atoms with Gasteiger partial charge in [0.1, 0.15) is 11.6 Å². The minimum absolute atomic E-state index is 0.0571. The van der Waals surface area contributed by atoms with E-state index in [1.54, 1.807) is 12.1 Å². The summed E-state index contributed by atoms with van der Waals surface area (Å²) >= 11 is 0. The van der Waals surface area contributed by atoms with Gasteiger partial charge in [0.25, 0.3) is 5.91 Å². The molecule has 6 nitrogen and oxygen atoms in total. The summed E-state index contributed by atoms with van der Waals surface area (Å²) in [6.07, 6.45) is -2.04. The summed E-state index contributed by atoms with van der Waals surface area (Å²) in [6.45, 7) is 1.41. The molecule has 38 heavy (non-hydrogen) atoms. The Balaban J connectivity index is 1.53. The number of imidazole rings is 1. The van der Waals surface area contributed by atoms with Crippen molar-refractivity contribution in [3.63, 3.8) is 0 Å². The van der Waals surface area contributed by atoms with Gasteiger partial charge in [-0.05, 0) is 67.3 Å². The smallest absolute Gasteiger partial charge is 0.382 e. The van der Waals surface area contributed by atoms with Gasteiger partial charge in [-0.25, -0.2) is 18.3 Å². The highest BCUT2D eigenvalue weighted by Crippen LogP contribution is 2.28. The number of carbonyl (C=O) groups is 1. The fourth-order valence-electron chi connectivity index (χ4n) is 4.21. The SMILES string of the molecule is Cc1cc(-c2cnc3c(NCCC(F)(F)F)cc(Cc4cc(F)ccc4F)nn23)ccc1C(=O)NC1CC1. The van der Waals surface area contributed by atoms with Gasteiger partial charge in [0.2, 0.25) is 0 Å². The van der Waals surface area contributed by atoms with Gasteiger partial charge in [0, 0.05) is 30.1 Å². The number of amides is 1. The molecular weight excluding hydrogens is 505 g/mol. The molecule has 0 bridgehead atoms. The van der Waals surface area contributed by atoms with Crippen molar-refractivity contribution in [1.82, 2.24) is 19.9 Å². The normalized spacial score (nSPS) is 13.6. The van der Waals surface area contributed by atoms with E-state index in [2.05, 4.69) is 20.7 Å². The molecule has 0 unspecified atom stereocenters. The summed E-state index contributed by atoms with van der Waals surface area (Å²) in [6, 6.07) is 10.0. The lowest BCUT2D eigenvalue weighted by Gasteiger charge is -2.13. The first-order valence-electron chi connectivity index (χ1n) is 12.1. The summed E-state index contributed by atoms with van der Waals surface area (Å²) in [4.78, 5) is 16.9. The third-order valence-electron chi connectivity index (χ3n) is 6.30. The molecule has 2 aromatic heterocycles. The second-order valence-corrected chi connectivity index (χ2v) is 9.41. The van der Waals surface area contributed by atoms with Gasteiger partial charge in [-0.1, -0.05) is 6.07 Å². The Morgan fingerprint density at radius 1 is 1.11 bits per heavy atom. The third-order valence-corrected chi connectivity index (χ3v) is 6.30. The summed E-state index contributed by atoms with van der Waals surface area (Å²) in [5.41, 5.74) is 3.39. The van der Waals surface area contributed by atoms with Crippen molar-refractivity contribution in [1.29, 1.82) is 0 Å². The molecule has 2 N–H and O–H groups in total. The van der Waals surface area contributed by atoms with Crippen molar-refractivity contribution < 1.29 is 26.7 Å². The number of nitrogens with one attached hydrogen (secondary N) is 2. The van der Waals surface area contributed by atoms with Crippen LogP contribution in [0.1, 0.15) is 46.4 Å². The molecule has 1 aliphatic carbocycles. The van der Waals surface area contributed by atoms with Crippen molar-refractivity contribution in [2.24, 2.45) is 0 Å². The van der Waals surface area contributed by atoms with Crippen LogP contribution < -0.4 is 10.6 Å². The first-order chi connectivity index (χ1) is 18.1. The number of hydrogen-bond donors (Lipinski definition) is 2. The van der Waals surface area contributed by atoms with E-state index in [0.717, 1.165) is 36.6 Å². The zero-order valence-electron chi connectivity index (χ0n) is 20.4. The average Bonchev–Trinajstić information content (AvgIpc) is 3.55. The Morgan fingerprint density at radius 2 is 1.89 bits per heavy atom. The van der Waals surface area contributed by atoms with E-state index in [-0.39, 0.29) is 35.3 Å². The average molecular weight is 530 g/mol. The summed E-state index contributed by atoms with van der Waals surface area (Å²) in [5.74, 6) is -1.39. The van der Waals surface area contributed by atoms with Crippen LogP contribution in [-0.2, 0) is 6.42 Å². The summed E-state index contributed by atoms with van der Waals surface area (Å²) in [7, 11) is 0. The van der Waals surface area contributed by atoms with Crippen LogP contribution in [0.2, 0.25) is 0 Å². The number of anilines is 1. The summed E-state index contributed by atoms with van der Waals surface area (Å²) < 4.78 is 67.8. The Bertz CT molecular complexity index is 1510. The predicted octanol–water partition coefficient (Wildman–Crippen LogP) is 5.83. The molecule has 1 fully saturated rings. The van der Waals surface area contributed by atoms with Gasteiger partial charge in [-0.3, -0.25) is 4.79 Å². The second kappa shape index (κ2) is 10.0. The van der Waals surface area contributed by atoms with Gasteiger partial charge in [-0.15, -0.1) is 0 Å².